The maximum Gasteiger partial charge on any atom is 0.191 e. The molecule has 2 aliphatic heterocycles. The maximum absolute atomic E-state index is 5.81. The summed E-state index contributed by atoms with van der Waals surface area (Å²) in [5.74, 6) is 2.64. The molecular weight excluding hydrogens is 406 g/mol. The Morgan fingerprint density at radius 2 is 1.91 bits per heavy atom. The third-order valence-electron chi connectivity index (χ3n) is 7.29. The predicted octanol–water partition coefficient (Wildman–Crippen LogP) is 1.62. The SMILES string of the molecule is Cc1nnc(CN=C(NCC2CCCO2)NCC2(CN3CCOCC3)CCCCC2)n1C. The predicted molar refractivity (Wildman–Crippen MR) is 125 cm³/mol. The molecular formula is C23H41N7O2. The van der Waals surface area contributed by atoms with Crippen LogP contribution in [0, 0.1) is 12.3 Å². The molecule has 4 rings (SSSR count). The zero-order valence-corrected chi connectivity index (χ0v) is 19.9. The van der Waals surface area contributed by atoms with E-state index >= 15 is 0 Å². The number of nitrogens with one attached hydrogen (secondary N) is 2. The van der Waals surface area contributed by atoms with Gasteiger partial charge in [0.1, 0.15) is 12.4 Å². The molecule has 3 heterocycles. The van der Waals surface area contributed by atoms with Gasteiger partial charge in [0.25, 0.3) is 0 Å². The lowest BCUT2D eigenvalue weighted by molar-refractivity contribution is 0.00819. The largest absolute Gasteiger partial charge is 0.379 e. The van der Waals surface area contributed by atoms with E-state index in [1.54, 1.807) is 0 Å². The Morgan fingerprint density at radius 3 is 2.59 bits per heavy atom. The molecule has 1 unspecified atom stereocenters. The maximum atomic E-state index is 5.81. The van der Waals surface area contributed by atoms with Gasteiger partial charge in [-0.15, -0.1) is 10.2 Å². The Kier molecular flexibility index (Phi) is 8.37. The highest BCUT2D eigenvalue weighted by Gasteiger charge is 2.34. The topological polar surface area (TPSA) is 88.8 Å². The molecule has 0 spiro atoms. The van der Waals surface area contributed by atoms with Crippen LogP contribution in [0.4, 0.5) is 0 Å². The second-order valence-electron chi connectivity index (χ2n) is 9.71. The fraction of sp³-hybridized carbons (Fsp3) is 0.870. The highest BCUT2D eigenvalue weighted by molar-refractivity contribution is 5.79. The average molecular weight is 448 g/mol. The Hall–Kier alpha value is -1.71. The van der Waals surface area contributed by atoms with E-state index in [1.165, 1.54) is 32.1 Å². The zero-order chi connectivity index (χ0) is 22.2. The van der Waals surface area contributed by atoms with Crippen LogP contribution in [0.3, 0.4) is 0 Å². The summed E-state index contributed by atoms with van der Waals surface area (Å²) in [5, 5.41) is 15.7. The van der Waals surface area contributed by atoms with E-state index in [9.17, 15) is 0 Å². The van der Waals surface area contributed by atoms with Crippen molar-refractivity contribution in [1.82, 2.24) is 30.3 Å². The lowest BCUT2D eigenvalue weighted by Gasteiger charge is -2.42. The third-order valence-corrected chi connectivity index (χ3v) is 7.29. The quantitative estimate of drug-likeness (QED) is 0.462. The molecule has 1 atom stereocenters. The number of hydrogen-bond donors (Lipinski definition) is 2. The summed E-state index contributed by atoms with van der Waals surface area (Å²) in [6.45, 7) is 10.0. The van der Waals surface area contributed by atoms with Crippen molar-refractivity contribution in [2.45, 2.75) is 64.5 Å². The minimum atomic E-state index is 0.274. The summed E-state index contributed by atoms with van der Waals surface area (Å²) in [7, 11) is 1.99. The van der Waals surface area contributed by atoms with Crippen LogP contribution in [0.1, 0.15) is 56.6 Å². The smallest absolute Gasteiger partial charge is 0.191 e. The van der Waals surface area contributed by atoms with Crippen molar-refractivity contribution in [2.75, 3.05) is 52.5 Å². The van der Waals surface area contributed by atoms with Crippen LogP contribution < -0.4 is 10.6 Å². The number of morpholine rings is 1. The van der Waals surface area contributed by atoms with E-state index in [4.69, 9.17) is 14.5 Å². The number of aromatic nitrogens is 3. The molecule has 0 amide bonds. The first-order chi connectivity index (χ1) is 15.6. The van der Waals surface area contributed by atoms with Crippen LogP contribution in [0.25, 0.3) is 0 Å². The van der Waals surface area contributed by atoms with Crippen molar-refractivity contribution < 1.29 is 9.47 Å². The fourth-order valence-corrected chi connectivity index (χ4v) is 5.13. The van der Waals surface area contributed by atoms with Crippen molar-refractivity contribution in [1.29, 1.82) is 0 Å². The Balaban J connectivity index is 1.41. The molecule has 3 aliphatic rings. The van der Waals surface area contributed by atoms with Crippen LogP contribution in [-0.4, -0.2) is 84.3 Å². The van der Waals surface area contributed by atoms with E-state index in [0.717, 1.165) is 83.0 Å². The average Bonchev–Trinajstić information content (AvgIpc) is 3.45. The van der Waals surface area contributed by atoms with Crippen molar-refractivity contribution in [3.05, 3.63) is 11.6 Å². The summed E-state index contributed by atoms with van der Waals surface area (Å²) in [6, 6.07) is 0. The van der Waals surface area contributed by atoms with Gasteiger partial charge in [0.2, 0.25) is 0 Å². The molecule has 1 aromatic heterocycles. The first-order valence-electron chi connectivity index (χ1n) is 12.4. The number of hydrogen-bond acceptors (Lipinski definition) is 6. The molecule has 2 saturated heterocycles. The van der Waals surface area contributed by atoms with Crippen LogP contribution in [0.2, 0.25) is 0 Å². The summed E-state index contributed by atoms with van der Waals surface area (Å²) in [5.41, 5.74) is 0.295. The summed E-state index contributed by atoms with van der Waals surface area (Å²) >= 11 is 0. The van der Waals surface area contributed by atoms with Crippen LogP contribution >= 0.6 is 0 Å². The Labute approximate surface area is 192 Å². The number of nitrogens with zero attached hydrogens (tertiary/aromatic N) is 5. The van der Waals surface area contributed by atoms with Crippen LogP contribution in [0.15, 0.2) is 4.99 Å². The standard InChI is InChI=1S/C23H41N7O2/c1-19-27-28-21(29(19)2)16-25-22(24-15-20-7-6-12-32-20)26-17-23(8-4-3-5-9-23)18-30-10-13-31-14-11-30/h20H,3-18H2,1-2H3,(H2,24,25,26). The molecule has 180 valence electrons. The molecule has 1 aromatic rings. The number of rotatable bonds is 8. The van der Waals surface area contributed by atoms with Crippen LogP contribution in [-0.2, 0) is 23.1 Å². The van der Waals surface area contributed by atoms with Gasteiger partial charge in [-0.2, -0.15) is 0 Å². The van der Waals surface area contributed by atoms with E-state index < -0.39 is 0 Å². The van der Waals surface area contributed by atoms with Crippen molar-refractivity contribution in [3.63, 3.8) is 0 Å². The van der Waals surface area contributed by atoms with Gasteiger partial charge >= 0.3 is 0 Å². The molecule has 32 heavy (non-hydrogen) atoms. The number of aryl methyl sites for hydroxylation is 1. The van der Waals surface area contributed by atoms with Crippen molar-refractivity contribution in [2.24, 2.45) is 17.5 Å². The lowest BCUT2D eigenvalue weighted by Crippen LogP contribution is -2.51. The van der Waals surface area contributed by atoms with Gasteiger partial charge in [-0.05, 0) is 32.6 Å². The second-order valence-corrected chi connectivity index (χ2v) is 9.71. The second kappa shape index (κ2) is 11.4. The summed E-state index contributed by atoms with van der Waals surface area (Å²) in [6.07, 6.45) is 9.08. The van der Waals surface area contributed by atoms with Gasteiger partial charge in [-0.3, -0.25) is 4.90 Å². The molecule has 1 aliphatic carbocycles. The fourth-order valence-electron chi connectivity index (χ4n) is 5.13. The van der Waals surface area contributed by atoms with Gasteiger partial charge in [0.05, 0.1) is 19.3 Å². The normalized spacial score (nSPS) is 24.6. The molecule has 0 aromatic carbocycles. The van der Waals surface area contributed by atoms with Gasteiger partial charge in [-0.1, -0.05) is 19.3 Å². The first kappa shape index (κ1) is 23.4. The summed E-state index contributed by atoms with van der Waals surface area (Å²) in [4.78, 5) is 7.47. The number of aliphatic imine (C=N–C) groups is 1. The minimum Gasteiger partial charge on any atom is -0.379 e. The molecule has 0 bridgehead atoms. The van der Waals surface area contributed by atoms with E-state index in [0.29, 0.717) is 12.0 Å². The van der Waals surface area contributed by atoms with Gasteiger partial charge < -0.3 is 24.7 Å². The Morgan fingerprint density at radius 1 is 1.09 bits per heavy atom. The van der Waals surface area contributed by atoms with E-state index in [-0.39, 0.29) is 6.10 Å². The lowest BCUT2D eigenvalue weighted by atomic mass is 9.73. The Bertz CT molecular complexity index is 733. The monoisotopic (exact) mass is 447 g/mol. The third kappa shape index (κ3) is 6.42. The molecule has 3 fully saturated rings. The highest BCUT2D eigenvalue weighted by atomic mass is 16.5. The minimum absolute atomic E-state index is 0.274. The molecule has 9 nitrogen and oxygen atoms in total. The van der Waals surface area contributed by atoms with Gasteiger partial charge in [0.15, 0.2) is 11.8 Å². The van der Waals surface area contributed by atoms with Crippen LogP contribution in [0.5, 0.6) is 0 Å². The molecule has 2 N–H and O–H groups in total. The van der Waals surface area contributed by atoms with E-state index in [2.05, 4.69) is 25.7 Å². The van der Waals surface area contributed by atoms with Crippen molar-refractivity contribution in [3.8, 4) is 0 Å². The first-order valence-corrected chi connectivity index (χ1v) is 12.4. The highest BCUT2D eigenvalue weighted by Crippen LogP contribution is 2.36. The molecule has 1 saturated carbocycles. The molecule has 9 heteroatoms. The van der Waals surface area contributed by atoms with E-state index in [1.807, 2.05) is 18.5 Å². The molecule has 0 radical (unpaired) electrons. The number of guanidine groups is 1. The number of ether oxygens (including phenoxy) is 2. The zero-order valence-electron chi connectivity index (χ0n) is 19.9. The summed E-state index contributed by atoms with van der Waals surface area (Å²) < 4.78 is 13.4. The van der Waals surface area contributed by atoms with Gasteiger partial charge in [0, 0.05) is 51.8 Å². The van der Waals surface area contributed by atoms with Crippen molar-refractivity contribution >= 4 is 5.96 Å². The van der Waals surface area contributed by atoms with Gasteiger partial charge in [-0.25, -0.2) is 4.99 Å².